The number of fused-ring (bicyclic) bond motifs is 1. The molecular formula is C23H25N3O5. The SMILES string of the molecule is CCOc1cc2c(cc1NC(=O)CCc1nc(-c3ccc(OC)cc3)no1)OC(C)C2. The van der Waals surface area contributed by atoms with E-state index in [1.54, 1.807) is 7.11 Å². The van der Waals surface area contributed by atoms with E-state index in [0.29, 0.717) is 36.2 Å². The normalized spacial score (nSPS) is 14.6. The van der Waals surface area contributed by atoms with Gasteiger partial charge < -0.3 is 24.1 Å². The minimum absolute atomic E-state index is 0.118. The molecule has 3 aromatic rings. The molecule has 0 fully saturated rings. The quantitative estimate of drug-likeness (QED) is 0.584. The molecule has 1 amide bonds. The lowest BCUT2D eigenvalue weighted by Gasteiger charge is -2.13. The van der Waals surface area contributed by atoms with Crippen LogP contribution in [0, 0.1) is 0 Å². The average Bonchev–Trinajstić information content (AvgIpc) is 3.38. The summed E-state index contributed by atoms with van der Waals surface area (Å²) in [4.78, 5) is 16.9. The predicted molar refractivity (Wildman–Crippen MR) is 115 cm³/mol. The van der Waals surface area contributed by atoms with Crippen molar-refractivity contribution in [2.45, 2.75) is 39.2 Å². The highest BCUT2D eigenvalue weighted by Gasteiger charge is 2.22. The van der Waals surface area contributed by atoms with Gasteiger partial charge in [0.25, 0.3) is 0 Å². The van der Waals surface area contributed by atoms with Crippen LogP contribution in [0.3, 0.4) is 0 Å². The van der Waals surface area contributed by atoms with Crippen molar-refractivity contribution in [1.29, 1.82) is 0 Å². The highest BCUT2D eigenvalue weighted by molar-refractivity contribution is 5.92. The summed E-state index contributed by atoms with van der Waals surface area (Å²) >= 11 is 0. The van der Waals surface area contributed by atoms with Crippen LogP contribution < -0.4 is 19.5 Å². The van der Waals surface area contributed by atoms with Gasteiger partial charge in [-0.05, 0) is 44.2 Å². The minimum atomic E-state index is -0.170. The molecular weight excluding hydrogens is 398 g/mol. The van der Waals surface area contributed by atoms with E-state index < -0.39 is 0 Å². The van der Waals surface area contributed by atoms with E-state index in [2.05, 4.69) is 15.5 Å². The predicted octanol–water partition coefficient (Wildman–Crippen LogP) is 4.04. The maximum absolute atomic E-state index is 12.5. The third-order valence-corrected chi connectivity index (χ3v) is 4.95. The summed E-state index contributed by atoms with van der Waals surface area (Å²) in [5, 5.41) is 6.91. The van der Waals surface area contributed by atoms with E-state index in [0.717, 1.165) is 29.0 Å². The van der Waals surface area contributed by atoms with E-state index in [9.17, 15) is 4.79 Å². The molecule has 0 saturated heterocycles. The van der Waals surface area contributed by atoms with Crippen molar-refractivity contribution in [3.8, 4) is 28.6 Å². The van der Waals surface area contributed by atoms with Gasteiger partial charge in [0.2, 0.25) is 17.6 Å². The number of carbonyl (C=O) groups is 1. The van der Waals surface area contributed by atoms with E-state index in [-0.39, 0.29) is 18.4 Å². The number of nitrogens with zero attached hydrogens (tertiary/aromatic N) is 2. The number of aryl methyl sites for hydroxylation is 1. The maximum atomic E-state index is 12.5. The Kier molecular flexibility index (Phi) is 6.06. The molecule has 4 rings (SSSR count). The Morgan fingerprint density at radius 3 is 2.81 bits per heavy atom. The van der Waals surface area contributed by atoms with E-state index >= 15 is 0 Å². The van der Waals surface area contributed by atoms with Gasteiger partial charge in [0.1, 0.15) is 23.4 Å². The molecule has 1 aliphatic heterocycles. The first kappa shape index (κ1) is 20.7. The second-order valence-corrected chi connectivity index (χ2v) is 7.31. The molecule has 0 spiro atoms. The lowest BCUT2D eigenvalue weighted by molar-refractivity contribution is -0.116. The number of hydrogen-bond donors (Lipinski definition) is 1. The number of ether oxygens (including phenoxy) is 3. The van der Waals surface area contributed by atoms with Gasteiger partial charge >= 0.3 is 0 Å². The van der Waals surface area contributed by atoms with Crippen LogP contribution in [0.15, 0.2) is 40.9 Å². The number of amides is 1. The van der Waals surface area contributed by atoms with Crippen molar-refractivity contribution in [3.05, 3.63) is 47.9 Å². The van der Waals surface area contributed by atoms with Crippen LogP contribution in [0.4, 0.5) is 5.69 Å². The first-order valence-corrected chi connectivity index (χ1v) is 10.3. The van der Waals surface area contributed by atoms with Crippen LogP contribution >= 0.6 is 0 Å². The molecule has 0 bridgehead atoms. The van der Waals surface area contributed by atoms with E-state index in [1.807, 2.05) is 50.2 Å². The summed E-state index contributed by atoms with van der Waals surface area (Å²) in [6.07, 6.45) is 1.48. The van der Waals surface area contributed by atoms with Crippen molar-refractivity contribution in [3.63, 3.8) is 0 Å². The Hall–Kier alpha value is -3.55. The summed E-state index contributed by atoms with van der Waals surface area (Å²) in [6.45, 7) is 4.44. The van der Waals surface area contributed by atoms with Crippen molar-refractivity contribution in [1.82, 2.24) is 10.1 Å². The topological polar surface area (TPSA) is 95.7 Å². The van der Waals surface area contributed by atoms with Crippen LogP contribution in [-0.2, 0) is 17.6 Å². The van der Waals surface area contributed by atoms with E-state index in [1.165, 1.54) is 0 Å². The molecule has 1 atom stereocenters. The molecule has 2 heterocycles. The number of anilines is 1. The van der Waals surface area contributed by atoms with Crippen molar-refractivity contribution < 1.29 is 23.5 Å². The van der Waals surface area contributed by atoms with Crippen LogP contribution in [0.5, 0.6) is 17.2 Å². The highest BCUT2D eigenvalue weighted by Crippen LogP contribution is 2.38. The number of rotatable bonds is 8. The zero-order chi connectivity index (χ0) is 21.8. The van der Waals surface area contributed by atoms with Gasteiger partial charge in [-0.15, -0.1) is 0 Å². The fourth-order valence-electron chi connectivity index (χ4n) is 3.46. The van der Waals surface area contributed by atoms with Crippen molar-refractivity contribution in [2.75, 3.05) is 19.0 Å². The summed E-state index contributed by atoms with van der Waals surface area (Å²) in [5.74, 6) is 2.89. The molecule has 0 aliphatic carbocycles. The zero-order valence-corrected chi connectivity index (χ0v) is 17.8. The second kappa shape index (κ2) is 9.07. The Morgan fingerprint density at radius 2 is 2.06 bits per heavy atom. The molecule has 1 aliphatic rings. The smallest absolute Gasteiger partial charge is 0.227 e. The average molecular weight is 423 g/mol. The van der Waals surface area contributed by atoms with Crippen LogP contribution in [0.2, 0.25) is 0 Å². The molecule has 0 saturated carbocycles. The Bertz CT molecular complexity index is 1060. The van der Waals surface area contributed by atoms with Crippen LogP contribution in [0.25, 0.3) is 11.4 Å². The van der Waals surface area contributed by atoms with Crippen molar-refractivity contribution >= 4 is 11.6 Å². The lowest BCUT2D eigenvalue weighted by atomic mass is 10.1. The third-order valence-electron chi connectivity index (χ3n) is 4.95. The lowest BCUT2D eigenvalue weighted by Crippen LogP contribution is -2.13. The zero-order valence-electron chi connectivity index (χ0n) is 17.8. The number of carbonyl (C=O) groups excluding carboxylic acids is 1. The third kappa shape index (κ3) is 4.79. The number of benzene rings is 2. The molecule has 8 nitrogen and oxygen atoms in total. The molecule has 1 unspecified atom stereocenters. The molecule has 0 radical (unpaired) electrons. The highest BCUT2D eigenvalue weighted by atomic mass is 16.5. The minimum Gasteiger partial charge on any atom is -0.497 e. The Morgan fingerprint density at radius 1 is 1.26 bits per heavy atom. The summed E-state index contributed by atoms with van der Waals surface area (Å²) in [7, 11) is 1.61. The molecule has 31 heavy (non-hydrogen) atoms. The molecule has 1 aromatic heterocycles. The summed E-state index contributed by atoms with van der Waals surface area (Å²) in [6, 6.07) is 11.1. The fraction of sp³-hybridized carbons (Fsp3) is 0.348. The van der Waals surface area contributed by atoms with Gasteiger partial charge in [-0.2, -0.15) is 4.98 Å². The van der Waals surface area contributed by atoms with Crippen molar-refractivity contribution in [2.24, 2.45) is 0 Å². The molecule has 1 N–H and O–H groups in total. The first-order chi connectivity index (χ1) is 15.1. The van der Waals surface area contributed by atoms with Crippen LogP contribution in [-0.4, -0.2) is 35.9 Å². The van der Waals surface area contributed by atoms with Gasteiger partial charge in [-0.1, -0.05) is 5.16 Å². The van der Waals surface area contributed by atoms with Gasteiger partial charge in [0.15, 0.2) is 0 Å². The van der Waals surface area contributed by atoms with Gasteiger partial charge in [0, 0.05) is 36.5 Å². The summed E-state index contributed by atoms with van der Waals surface area (Å²) in [5.41, 5.74) is 2.50. The standard InChI is InChI=1S/C23H25N3O5/c1-4-29-20-12-16-11-14(2)30-19(16)13-18(20)24-21(27)9-10-22-25-23(26-31-22)15-5-7-17(28-3)8-6-15/h5-8,12-14H,4,9-11H2,1-3H3,(H,24,27). The fourth-order valence-corrected chi connectivity index (χ4v) is 3.46. The number of nitrogens with one attached hydrogen (secondary N) is 1. The van der Waals surface area contributed by atoms with Gasteiger partial charge in [-0.25, -0.2) is 0 Å². The van der Waals surface area contributed by atoms with Crippen LogP contribution in [0.1, 0.15) is 31.7 Å². The molecule has 162 valence electrons. The number of hydrogen-bond acceptors (Lipinski definition) is 7. The molecule has 8 heteroatoms. The number of aromatic nitrogens is 2. The monoisotopic (exact) mass is 423 g/mol. The first-order valence-electron chi connectivity index (χ1n) is 10.3. The summed E-state index contributed by atoms with van der Waals surface area (Å²) < 4.78 is 22.0. The Balaban J connectivity index is 1.38. The Labute approximate surface area is 180 Å². The second-order valence-electron chi connectivity index (χ2n) is 7.31. The van der Waals surface area contributed by atoms with Gasteiger partial charge in [-0.3, -0.25) is 4.79 Å². The molecule has 2 aromatic carbocycles. The maximum Gasteiger partial charge on any atom is 0.227 e. The van der Waals surface area contributed by atoms with E-state index in [4.69, 9.17) is 18.7 Å². The number of methoxy groups -OCH3 is 1. The van der Waals surface area contributed by atoms with Gasteiger partial charge in [0.05, 0.1) is 19.4 Å². The largest absolute Gasteiger partial charge is 0.497 e.